The Labute approximate surface area is 206 Å². The third-order valence-electron chi connectivity index (χ3n) is 5.77. The molecule has 2 heterocycles. The zero-order valence-corrected chi connectivity index (χ0v) is 19.7. The van der Waals surface area contributed by atoms with Crippen LogP contribution in [-0.2, 0) is 0 Å². The van der Waals surface area contributed by atoms with Gasteiger partial charge in [0.2, 0.25) is 5.82 Å². The van der Waals surface area contributed by atoms with Crippen molar-refractivity contribution in [1.82, 2.24) is 15.5 Å². The smallest absolute Gasteiger partial charge is 0.326 e. The molecule has 4 aromatic rings. The van der Waals surface area contributed by atoms with Crippen molar-refractivity contribution < 1.29 is 19.2 Å². The fourth-order valence-electron chi connectivity index (χ4n) is 4.12. The van der Waals surface area contributed by atoms with E-state index in [1.54, 1.807) is 41.3 Å². The lowest BCUT2D eigenvalue weighted by atomic mass is 9.94. The Morgan fingerprint density at radius 3 is 2.60 bits per heavy atom. The summed E-state index contributed by atoms with van der Waals surface area (Å²) < 4.78 is 10.9. The fraction of sp³-hybridized carbons (Fsp3) is 0.115. The summed E-state index contributed by atoms with van der Waals surface area (Å²) in [5.41, 5.74) is 3.22. The molecule has 3 aromatic carbocycles. The second kappa shape index (κ2) is 9.15. The van der Waals surface area contributed by atoms with E-state index in [2.05, 4.69) is 15.5 Å². The normalized spacial score (nSPS) is 15.8. The molecule has 5 rings (SSSR count). The molecule has 0 bridgehead atoms. The van der Waals surface area contributed by atoms with Gasteiger partial charge in [-0.15, -0.1) is 0 Å². The number of hydrogen-bond acceptors (Lipinski definition) is 6. The van der Waals surface area contributed by atoms with Crippen molar-refractivity contribution in [2.24, 2.45) is 0 Å². The molecule has 0 saturated carbocycles. The third kappa shape index (κ3) is 4.20. The van der Waals surface area contributed by atoms with Crippen LogP contribution in [-0.4, -0.2) is 28.4 Å². The lowest BCUT2D eigenvalue weighted by molar-refractivity contribution is 0.244. The summed E-state index contributed by atoms with van der Waals surface area (Å²) in [4.78, 5) is 19.4. The molecule has 2 N–H and O–H groups in total. The van der Waals surface area contributed by atoms with Crippen LogP contribution < -0.4 is 15.0 Å². The highest BCUT2D eigenvalue weighted by molar-refractivity contribution is 6.30. The van der Waals surface area contributed by atoms with Crippen molar-refractivity contribution in [2.75, 3.05) is 12.0 Å². The lowest BCUT2D eigenvalue weighted by Crippen LogP contribution is -2.46. The summed E-state index contributed by atoms with van der Waals surface area (Å²) in [7, 11) is 1.47. The number of rotatable bonds is 5. The monoisotopic (exact) mass is 488 g/mol. The van der Waals surface area contributed by atoms with E-state index in [1.165, 1.54) is 7.11 Å². The Bertz CT molecular complexity index is 1430. The maximum atomic E-state index is 13.3. The zero-order chi connectivity index (χ0) is 24.5. The minimum absolute atomic E-state index is 0.0492. The molecular weight excluding hydrogens is 468 g/mol. The van der Waals surface area contributed by atoms with E-state index in [4.69, 9.17) is 20.9 Å². The Kier molecular flexibility index (Phi) is 5.88. The predicted octanol–water partition coefficient (Wildman–Crippen LogP) is 5.81. The highest BCUT2D eigenvalue weighted by atomic mass is 35.5. The van der Waals surface area contributed by atoms with Crippen LogP contribution in [0.3, 0.4) is 0 Å². The van der Waals surface area contributed by atoms with Crippen molar-refractivity contribution >= 4 is 28.9 Å². The third-order valence-corrected chi connectivity index (χ3v) is 6.01. The van der Waals surface area contributed by atoms with E-state index in [1.807, 2.05) is 43.3 Å². The molecule has 0 fully saturated rings. The summed E-state index contributed by atoms with van der Waals surface area (Å²) in [6.45, 7) is 1.82. The van der Waals surface area contributed by atoms with E-state index in [9.17, 15) is 9.90 Å². The molecule has 176 valence electrons. The molecule has 0 saturated heterocycles. The number of urea groups is 1. The molecular formula is C26H21ClN4O4. The van der Waals surface area contributed by atoms with Gasteiger partial charge in [-0.2, -0.15) is 4.98 Å². The first-order valence-electron chi connectivity index (χ1n) is 10.8. The first-order chi connectivity index (χ1) is 17.0. The highest BCUT2D eigenvalue weighted by Gasteiger charge is 2.36. The summed E-state index contributed by atoms with van der Waals surface area (Å²) in [6, 6.07) is 20.4. The predicted molar refractivity (Wildman–Crippen MR) is 132 cm³/mol. The van der Waals surface area contributed by atoms with Gasteiger partial charge in [0.25, 0.3) is 5.89 Å². The minimum Gasteiger partial charge on any atom is -0.504 e. The number of methoxy groups -OCH3 is 1. The van der Waals surface area contributed by atoms with Crippen LogP contribution in [0.4, 0.5) is 10.5 Å². The molecule has 0 radical (unpaired) electrons. The standard InChI is InChI=1S/C26H21ClN4O4/c1-15-22(25-29-24(30-35-25)17-7-6-8-18(27)13-17)23(16-11-12-21(34-2)20(32)14-16)28-26(33)31(15)19-9-4-3-5-10-19/h3-14,23,32H,1-2H3,(H,28,33). The van der Waals surface area contributed by atoms with E-state index in [0.717, 1.165) is 0 Å². The van der Waals surface area contributed by atoms with Gasteiger partial charge in [0.15, 0.2) is 11.5 Å². The van der Waals surface area contributed by atoms with Crippen molar-refractivity contribution in [3.8, 4) is 22.9 Å². The van der Waals surface area contributed by atoms with Gasteiger partial charge in [-0.1, -0.05) is 53.2 Å². The summed E-state index contributed by atoms with van der Waals surface area (Å²) >= 11 is 6.14. The van der Waals surface area contributed by atoms with Crippen LogP contribution in [0.5, 0.6) is 11.5 Å². The number of ether oxygens (including phenoxy) is 1. The molecule has 1 aliphatic heterocycles. The molecule has 8 nitrogen and oxygen atoms in total. The topological polar surface area (TPSA) is 101 Å². The number of aromatic hydroxyl groups is 1. The Morgan fingerprint density at radius 1 is 1.09 bits per heavy atom. The number of aromatic nitrogens is 2. The second-order valence-electron chi connectivity index (χ2n) is 7.92. The van der Waals surface area contributed by atoms with Gasteiger partial charge >= 0.3 is 6.03 Å². The number of para-hydroxylation sites is 1. The average molecular weight is 489 g/mol. The van der Waals surface area contributed by atoms with Crippen LogP contribution in [0.1, 0.15) is 24.4 Å². The molecule has 9 heteroatoms. The number of phenols is 1. The van der Waals surface area contributed by atoms with Crippen LogP contribution in [0.2, 0.25) is 5.02 Å². The number of carbonyl (C=O) groups is 1. The number of nitrogens with zero attached hydrogens (tertiary/aromatic N) is 3. The van der Waals surface area contributed by atoms with Gasteiger partial charge in [0, 0.05) is 16.3 Å². The Morgan fingerprint density at radius 2 is 1.89 bits per heavy atom. The van der Waals surface area contributed by atoms with Gasteiger partial charge in [-0.3, -0.25) is 4.90 Å². The largest absolute Gasteiger partial charge is 0.504 e. The van der Waals surface area contributed by atoms with E-state index < -0.39 is 6.04 Å². The Hall–Kier alpha value is -4.30. The van der Waals surface area contributed by atoms with Gasteiger partial charge in [0.05, 0.1) is 24.4 Å². The zero-order valence-electron chi connectivity index (χ0n) is 18.9. The molecule has 1 atom stereocenters. The maximum absolute atomic E-state index is 13.3. The van der Waals surface area contributed by atoms with Crippen LogP contribution >= 0.6 is 11.6 Å². The number of benzene rings is 3. The van der Waals surface area contributed by atoms with E-state index in [0.29, 0.717) is 44.7 Å². The van der Waals surface area contributed by atoms with Gasteiger partial charge < -0.3 is 19.7 Å². The second-order valence-corrected chi connectivity index (χ2v) is 8.35. The summed E-state index contributed by atoms with van der Waals surface area (Å²) in [6.07, 6.45) is 0. The lowest BCUT2D eigenvalue weighted by Gasteiger charge is -2.35. The average Bonchev–Trinajstić information content (AvgIpc) is 3.34. The molecule has 0 spiro atoms. The van der Waals surface area contributed by atoms with Crippen molar-refractivity contribution in [1.29, 1.82) is 0 Å². The highest BCUT2D eigenvalue weighted by Crippen LogP contribution is 2.41. The van der Waals surface area contributed by atoms with Crippen LogP contribution in [0.25, 0.3) is 17.0 Å². The number of amides is 2. The summed E-state index contributed by atoms with van der Waals surface area (Å²) in [5, 5.41) is 18.1. The number of anilines is 1. The van der Waals surface area contributed by atoms with Gasteiger partial charge in [0.1, 0.15) is 0 Å². The van der Waals surface area contributed by atoms with Crippen molar-refractivity contribution in [3.05, 3.63) is 95.0 Å². The molecule has 2 amide bonds. The SMILES string of the molecule is COc1ccc(C2NC(=O)N(c3ccccc3)C(C)=C2c2nc(-c3cccc(Cl)c3)no2)cc1O. The minimum atomic E-state index is -0.660. The van der Waals surface area contributed by atoms with Gasteiger partial charge in [-0.05, 0) is 48.9 Å². The van der Waals surface area contributed by atoms with Crippen molar-refractivity contribution in [2.45, 2.75) is 13.0 Å². The van der Waals surface area contributed by atoms with Crippen molar-refractivity contribution in [3.63, 3.8) is 0 Å². The molecule has 1 aromatic heterocycles. The molecule has 1 aliphatic rings. The van der Waals surface area contributed by atoms with Crippen LogP contribution in [0, 0.1) is 0 Å². The first kappa shape index (κ1) is 22.5. The summed E-state index contributed by atoms with van der Waals surface area (Å²) in [5.74, 6) is 0.873. The Balaban J connectivity index is 1.66. The van der Waals surface area contributed by atoms with Crippen LogP contribution in [0.15, 0.2) is 83.0 Å². The number of halogens is 1. The number of carbonyl (C=O) groups excluding carboxylic acids is 1. The number of hydrogen-bond donors (Lipinski definition) is 2. The molecule has 0 aliphatic carbocycles. The first-order valence-corrected chi connectivity index (χ1v) is 11.2. The quantitative estimate of drug-likeness (QED) is 0.368. The fourth-order valence-corrected chi connectivity index (χ4v) is 4.31. The number of nitrogens with one attached hydrogen (secondary N) is 1. The molecule has 1 unspecified atom stereocenters. The van der Waals surface area contributed by atoms with Gasteiger partial charge in [-0.25, -0.2) is 4.79 Å². The van der Waals surface area contributed by atoms with E-state index >= 15 is 0 Å². The number of phenolic OH excluding ortho intramolecular Hbond substituents is 1. The van der Waals surface area contributed by atoms with E-state index in [-0.39, 0.29) is 17.7 Å². The number of allylic oxidation sites excluding steroid dienone is 1. The maximum Gasteiger partial charge on any atom is 0.326 e. The molecule has 35 heavy (non-hydrogen) atoms.